The van der Waals surface area contributed by atoms with Crippen molar-refractivity contribution in [3.05, 3.63) is 146 Å². The number of hydrogen-bond acceptors (Lipinski definition) is 8. The molecule has 1 amide bonds. The van der Waals surface area contributed by atoms with E-state index in [4.69, 9.17) is 9.47 Å². The number of nitrogens with one attached hydrogen (secondary N) is 1. The highest BCUT2D eigenvalue weighted by molar-refractivity contribution is 5.76. The minimum Gasteiger partial charge on any atom is -0.394 e. The molecule has 484 valence electrons. The number of allylic oxidation sites excluding steroid dienone is 23. The maximum absolute atomic E-state index is 13.1. The van der Waals surface area contributed by atoms with E-state index in [-0.39, 0.29) is 12.5 Å². The maximum Gasteiger partial charge on any atom is 0.220 e. The topological polar surface area (TPSA) is 149 Å². The summed E-state index contributed by atoms with van der Waals surface area (Å²) in [6.45, 7) is 3.65. The van der Waals surface area contributed by atoms with Gasteiger partial charge in [0.1, 0.15) is 24.4 Å². The third-order valence-electron chi connectivity index (χ3n) is 15.4. The highest BCUT2D eigenvalue weighted by Gasteiger charge is 2.44. The van der Waals surface area contributed by atoms with E-state index in [9.17, 15) is 30.3 Å². The van der Waals surface area contributed by atoms with Crippen molar-refractivity contribution in [2.75, 3.05) is 13.2 Å². The first kappa shape index (κ1) is 79.1. The molecule has 1 fully saturated rings. The molecule has 0 radical (unpaired) electrons. The molecule has 1 aliphatic rings. The Morgan fingerprint density at radius 1 is 0.412 bits per heavy atom. The molecule has 0 saturated carbocycles. The van der Waals surface area contributed by atoms with E-state index < -0.39 is 49.5 Å². The first-order chi connectivity index (χ1) is 41.8. The number of aliphatic hydroxyl groups is 5. The van der Waals surface area contributed by atoms with Crippen molar-refractivity contribution in [3.8, 4) is 0 Å². The molecule has 1 heterocycles. The monoisotopic (exact) mass is 1180 g/mol. The Hall–Kier alpha value is -3.93. The zero-order chi connectivity index (χ0) is 61.4. The van der Waals surface area contributed by atoms with E-state index in [0.717, 1.165) is 109 Å². The van der Waals surface area contributed by atoms with Gasteiger partial charge in [0.15, 0.2) is 6.29 Å². The smallest absolute Gasteiger partial charge is 0.220 e. The second-order valence-corrected chi connectivity index (χ2v) is 23.2. The Morgan fingerprint density at radius 3 is 1.13 bits per heavy atom. The zero-order valence-electron chi connectivity index (χ0n) is 54.1. The van der Waals surface area contributed by atoms with E-state index in [1.807, 2.05) is 6.08 Å². The van der Waals surface area contributed by atoms with Gasteiger partial charge in [-0.05, 0) is 109 Å². The average Bonchev–Trinajstić information content (AvgIpc) is 3.71. The predicted octanol–water partition coefficient (Wildman–Crippen LogP) is 19.0. The van der Waals surface area contributed by atoms with E-state index in [1.54, 1.807) is 6.08 Å². The van der Waals surface area contributed by atoms with Gasteiger partial charge in [0, 0.05) is 6.42 Å². The van der Waals surface area contributed by atoms with Crippen LogP contribution in [0, 0.1) is 0 Å². The van der Waals surface area contributed by atoms with Crippen LogP contribution in [-0.4, -0.2) is 87.5 Å². The molecule has 7 atom stereocenters. The summed E-state index contributed by atoms with van der Waals surface area (Å²) in [5.41, 5.74) is 0. The Labute approximate surface area is 521 Å². The molecule has 0 aromatic carbocycles. The Bertz CT molecular complexity index is 1850. The Kier molecular flexibility index (Phi) is 58.7. The highest BCUT2D eigenvalue weighted by atomic mass is 16.7. The summed E-state index contributed by atoms with van der Waals surface area (Å²) in [6, 6.07) is -0.849. The SMILES string of the molecule is CC/C=C\C/C=C\C/C=C\C/C=C\C/C=C\C/C=C\C/C=C\C/C=C\C/C=C\C/C=C\CCCCCCC(=O)NC(COC1OC(CO)C(O)C(O)C1O)C(O)/C=C/CC/C=C/CCCCCCCCCCCCCCCCCCCCCCC. The van der Waals surface area contributed by atoms with Gasteiger partial charge in [0.2, 0.25) is 5.91 Å². The number of hydrogen-bond donors (Lipinski definition) is 6. The number of amides is 1. The van der Waals surface area contributed by atoms with E-state index in [0.29, 0.717) is 12.8 Å². The molecular weight excluding hydrogens is 1050 g/mol. The molecule has 0 aromatic heterocycles. The minimum atomic E-state index is -1.59. The first-order valence-corrected chi connectivity index (χ1v) is 34.6. The number of carbonyl (C=O) groups excluding carboxylic acids is 1. The third-order valence-corrected chi connectivity index (χ3v) is 15.4. The van der Waals surface area contributed by atoms with Crippen molar-refractivity contribution in [1.29, 1.82) is 0 Å². The summed E-state index contributed by atoms with van der Waals surface area (Å²) in [5.74, 6) is -0.215. The van der Waals surface area contributed by atoms with E-state index >= 15 is 0 Å². The van der Waals surface area contributed by atoms with Crippen LogP contribution in [0.15, 0.2) is 146 Å². The molecule has 0 spiro atoms. The molecule has 1 rings (SSSR count). The summed E-state index contributed by atoms with van der Waals surface area (Å²) in [7, 11) is 0. The van der Waals surface area contributed by atoms with Gasteiger partial charge in [-0.2, -0.15) is 0 Å². The standard InChI is InChI=1S/C76H127NO8/c1-3-5-7-9-11-13-15-17-19-21-23-25-27-29-31-32-33-34-35-36-37-38-40-42-44-46-48-50-52-54-56-58-60-62-64-66-72(80)77-69(68-84-76-75(83)74(82)73(81)71(67-78)85-76)70(79)65-63-61-59-57-55-53-51-49-47-45-43-41-39-30-28-26-24-22-20-18-16-14-12-10-8-6-4-2/h5,7,11,13,17,19,23,25,29,31,33-34,36-37,40,42,46,48,52,54-55,57,63,65,69-71,73-76,78-79,81-83H,3-4,6,8-10,12,14-16,18,20-22,24,26-28,30,32,35,38-39,41,43-45,47,49-51,53,56,58-62,64,66-68H2,1-2H3,(H,77,80)/b7-5-,13-11-,19-17-,25-23-,31-29-,34-33-,37-36-,42-40-,48-46-,54-52-,57-55+,65-63+. The lowest BCUT2D eigenvalue weighted by atomic mass is 9.99. The van der Waals surface area contributed by atoms with Gasteiger partial charge >= 0.3 is 0 Å². The van der Waals surface area contributed by atoms with Crippen LogP contribution in [0.5, 0.6) is 0 Å². The van der Waals surface area contributed by atoms with Gasteiger partial charge in [-0.1, -0.05) is 301 Å². The summed E-state index contributed by atoms with van der Waals surface area (Å²) < 4.78 is 11.3. The largest absolute Gasteiger partial charge is 0.394 e. The molecule has 1 saturated heterocycles. The normalized spacial score (nSPS) is 19.1. The molecule has 0 aromatic rings. The second kappa shape index (κ2) is 63.1. The average molecular weight is 1180 g/mol. The van der Waals surface area contributed by atoms with E-state index in [2.05, 4.69) is 153 Å². The Morgan fingerprint density at radius 2 is 0.741 bits per heavy atom. The van der Waals surface area contributed by atoms with Crippen LogP contribution in [-0.2, 0) is 14.3 Å². The molecule has 0 aliphatic carbocycles. The summed E-state index contributed by atoms with van der Waals surface area (Å²) in [5, 5.41) is 54.7. The molecule has 1 aliphatic heterocycles. The van der Waals surface area contributed by atoms with E-state index in [1.165, 1.54) is 135 Å². The quantitative estimate of drug-likeness (QED) is 0.0261. The number of rotatable bonds is 58. The molecule has 9 nitrogen and oxygen atoms in total. The van der Waals surface area contributed by atoms with Gasteiger partial charge in [0.05, 0.1) is 25.4 Å². The molecule has 9 heteroatoms. The molecule has 6 N–H and O–H groups in total. The van der Waals surface area contributed by atoms with Crippen LogP contribution in [0.1, 0.15) is 271 Å². The van der Waals surface area contributed by atoms with Crippen LogP contribution in [0.2, 0.25) is 0 Å². The molecular formula is C76H127NO8. The Balaban J connectivity index is 2.23. The van der Waals surface area contributed by atoms with Crippen molar-refractivity contribution in [2.45, 2.75) is 314 Å². The fraction of sp³-hybridized carbons (Fsp3) is 0.671. The highest BCUT2D eigenvalue weighted by Crippen LogP contribution is 2.23. The fourth-order valence-corrected chi connectivity index (χ4v) is 10.0. The number of ether oxygens (including phenoxy) is 2. The summed E-state index contributed by atoms with van der Waals surface area (Å²) in [4.78, 5) is 13.1. The van der Waals surface area contributed by atoms with Crippen LogP contribution in [0.3, 0.4) is 0 Å². The molecule has 85 heavy (non-hydrogen) atoms. The van der Waals surface area contributed by atoms with Gasteiger partial charge in [-0.15, -0.1) is 0 Å². The van der Waals surface area contributed by atoms with Crippen LogP contribution in [0.4, 0.5) is 0 Å². The van der Waals surface area contributed by atoms with Crippen LogP contribution >= 0.6 is 0 Å². The summed E-state index contributed by atoms with van der Waals surface area (Å²) in [6.07, 6.45) is 90.8. The summed E-state index contributed by atoms with van der Waals surface area (Å²) >= 11 is 0. The zero-order valence-corrected chi connectivity index (χ0v) is 54.1. The fourth-order valence-electron chi connectivity index (χ4n) is 10.0. The van der Waals surface area contributed by atoms with Crippen molar-refractivity contribution in [2.24, 2.45) is 0 Å². The number of aliphatic hydroxyl groups excluding tert-OH is 5. The third kappa shape index (κ3) is 51.8. The lowest BCUT2D eigenvalue weighted by molar-refractivity contribution is -0.302. The van der Waals surface area contributed by atoms with Crippen molar-refractivity contribution in [1.82, 2.24) is 5.32 Å². The van der Waals surface area contributed by atoms with Gasteiger partial charge in [0.25, 0.3) is 0 Å². The number of unbranched alkanes of at least 4 members (excludes halogenated alkanes) is 26. The van der Waals surface area contributed by atoms with Gasteiger partial charge in [-0.3, -0.25) is 4.79 Å². The molecule has 7 unspecified atom stereocenters. The minimum absolute atomic E-state index is 0.215. The second-order valence-electron chi connectivity index (χ2n) is 23.2. The van der Waals surface area contributed by atoms with Crippen LogP contribution < -0.4 is 5.32 Å². The lowest BCUT2D eigenvalue weighted by Gasteiger charge is -2.40. The number of carbonyl (C=O) groups is 1. The van der Waals surface area contributed by atoms with Crippen molar-refractivity contribution < 1.29 is 39.8 Å². The van der Waals surface area contributed by atoms with Gasteiger partial charge in [-0.25, -0.2) is 0 Å². The first-order valence-electron chi connectivity index (χ1n) is 34.6. The van der Waals surface area contributed by atoms with Crippen molar-refractivity contribution >= 4 is 5.91 Å². The maximum atomic E-state index is 13.1. The predicted molar refractivity (Wildman–Crippen MR) is 363 cm³/mol. The lowest BCUT2D eigenvalue weighted by Crippen LogP contribution is -2.60. The van der Waals surface area contributed by atoms with Crippen molar-refractivity contribution in [3.63, 3.8) is 0 Å². The molecule has 0 bridgehead atoms. The van der Waals surface area contributed by atoms with Gasteiger partial charge < -0.3 is 40.3 Å². The van der Waals surface area contributed by atoms with Crippen LogP contribution in [0.25, 0.3) is 0 Å².